The van der Waals surface area contributed by atoms with E-state index in [0.29, 0.717) is 6.10 Å². The van der Waals surface area contributed by atoms with Crippen molar-refractivity contribution in [3.05, 3.63) is 34.1 Å². The second-order valence-corrected chi connectivity index (χ2v) is 6.69. The van der Waals surface area contributed by atoms with Crippen molar-refractivity contribution in [3.8, 4) is 0 Å². The highest BCUT2D eigenvalue weighted by Crippen LogP contribution is 2.26. The van der Waals surface area contributed by atoms with Crippen LogP contribution in [-0.2, 0) is 4.74 Å². The quantitative estimate of drug-likeness (QED) is 0.708. The van der Waals surface area contributed by atoms with Crippen molar-refractivity contribution >= 4 is 15.9 Å². The zero-order valence-corrected chi connectivity index (χ0v) is 14.3. The van der Waals surface area contributed by atoms with Gasteiger partial charge in [-0.3, -0.25) is 0 Å². The van der Waals surface area contributed by atoms with Crippen LogP contribution in [0.2, 0.25) is 0 Å². The van der Waals surface area contributed by atoms with E-state index >= 15 is 0 Å². The lowest BCUT2D eigenvalue weighted by Gasteiger charge is -2.20. The molecule has 1 fully saturated rings. The van der Waals surface area contributed by atoms with Crippen LogP contribution in [0, 0.1) is 5.82 Å². The van der Waals surface area contributed by atoms with E-state index in [1.807, 2.05) is 6.07 Å². The fourth-order valence-electron chi connectivity index (χ4n) is 2.90. The zero-order chi connectivity index (χ0) is 15.1. The van der Waals surface area contributed by atoms with Crippen molar-refractivity contribution in [2.24, 2.45) is 0 Å². The maximum atomic E-state index is 13.6. The summed E-state index contributed by atoms with van der Waals surface area (Å²) in [5.41, 5.74) is 1.03. The second-order valence-electron chi connectivity index (χ2n) is 5.78. The maximum Gasteiger partial charge on any atom is 0.124 e. The van der Waals surface area contributed by atoms with Crippen LogP contribution in [0.15, 0.2) is 22.7 Å². The predicted molar refractivity (Wildman–Crippen MR) is 88.0 cm³/mol. The molecule has 0 spiro atoms. The lowest BCUT2D eigenvalue weighted by molar-refractivity contribution is 0.101. The number of hydrogen-bond acceptors (Lipinski definition) is 2. The molecule has 0 amide bonds. The minimum Gasteiger partial charge on any atom is -0.378 e. The summed E-state index contributed by atoms with van der Waals surface area (Å²) in [5, 5.41) is 3.54. The highest BCUT2D eigenvalue weighted by molar-refractivity contribution is 9.10. The van der Waals surface area contributed by atoms with Crippen LogP contribution in [0.1, 0.15) is 57.1 Å². The van der Waals surface area contributed by atoms with Crippen molar-refractivity contribution in [2.45, 2.75) is 57.6 Å². The molecular weight excluding hydrogens is 333 g/mol. The molecule has 118 valence electrons. The predicted octanol–water partition coefficient (Wildman–Crippen LogP) is 4.98. The molecule has 1 aliphatic rings. The summed E-state index contributed by atoms with van der Waals surface area (Å²) in [6.07, 6.45) is 7.16. The summed E-state index contributed by atoms with van der Waals surface area (Å²) in [4.78, 5) is 0. The first-order valence-electron chi connectivity index (χ1n) is 8.00. The molecule has 21 heavy (non-hydrogen) atoms. The SMILES string of the molecule is CCCNC(CCCC1CCCO1)c1cc(F)cc(Br)c1. The second kappa shape index (κ2) is 8.86. The summed E-state index contributed by atoms with van der Waals surface area (Å²) in [6, 6.07) is 5.39. The van der Waals surface area contributed by atoms with Crippen molar-refractivity contribution in [1.82, 2.24) is 5.32 Å². The molecule has 1 N–H and O–H groups in total. The van der Waals surface area contributed by atoms with E-state index in [-0.39, 0.29) is 11.9 Å². The van der Waals surface area contributed by atoms with E-state index in [9.17, 15) is 4.39 Å². The van der Waals surface area contributed by atoms with Crippen LogP contribution in [0.3, 0.4) is 0 Å². The summed E-state index contributed by atoms with van der Waals surface area (Å²) in [7, 11) is 0. The molecule has 2 rings (SSSR count). The molecule has 0 aromatic heterocycles. The van der Waals surface area contributed by atoms with Crippen molar-refractivity contribution < 1.29 is 9.13 Å². The standard InChI is InChI=1S/C17H25BrFNO/c1-2-8-20-17(7-3-5-16-6-4-9-21-16)13-10-14(18)12-15(19)11-13/h10-12,16-17,20H,2-9H2,1H3. The highest BCUT2D eigenvalue weighted by atomic mass is 79.9. The number of nitrogens with one attached hydrogen (secondary N) is 1. The van der Waals surface area contributed by atoms with Gasteiger partial charge in [0.05, 0.1) is 6.10 Å². The summed E-state index contributed by atoms with van der Waals surface area (Å²) >= 11 is 3.38. The molecule has 1 aromatic rings. The van der Waals surface area contributed by atoms with Crippen LogP contribution in [0.5, 0.6) is 0 Å². The fraction of sp³-hybridized carbons (Fsp3) is 0.647. The van der Waals surface area contributed by atoms with Crippen molar-refractivity contribution in [1.29, 1.82) is 0 Å². The Balaban J connectivity index is 1.92. The van der Waals surface area contributed by atoms with E-state index in [1.165, 1.54) is 18.9 Å². The van der Waals surface area contributed by atoms with Crippen molar-refractivity contribution in [2.75, 3.05) is 13.2 Å². The van der Waals surface area contributed by atoms with E-state index < -0.39 is 0 Å². The Morgan fingerprint density at radius 3 is 2.95 bits per heavy atom. The Morgan fingerprint density at radius 1 is 1.43 bits per heavy atom. The molecule has 0 radical (unpaired) electrons. The van der Waals surface area contributed by atoms with Gasteiger partial charge in [0.25, 0.3) is 0 Å². The number of halogens is 2. The molecule has 2 nitrogen and oxygen atoms in total. The highest BCUT2D eigenvalue weighted by Gasteiger charge is 2.17. The van der Waals surface area contributed by atoms with E-state index in [1.54, 1.807) is 6.07 Å². The molecule has 4 heteroatoms. The summed E-state index contributed by atoms with van der Waals surface area (Å²) in [5.74, 6) is -0.179. The van der Waals surface area contributed by atoms with Crippen LogP contribution < -0.4 is 5.32 Å². The van der Waals surface area contributed by atoms with Crippen LogP contribution in [0.4, 0.5) is 4.39 Å². The first-order chi connectivity index (χ1) is 10.2. The van der Waals surface area contributed by atoms with Gasteiger partial charge >= 0.3 is 0 Å². The van der Waals surface area contributed by atoms with Gasteiger partial charge in [-0.1, -0.05) is 22.9 Å². The molecular formula is C17H25BrFNO. The monoisotopic (exact) mass is 357 g/mol. The van der Waals surface area contributed by atoms with Crippen LogP contribution >= 0.6 is 15.9 Å². The first-order valence-corrected chi connectivity index (χ1v) is 8.79. The molecule has 0 saturated carbocycles. The Labute approximate surface area is 135 Å². The summed E-state index contributed by atoms with van der Waals surface area (Å²) < 4.78 is 20.1. The third-order valence-corrected chi connectivity index (χ3v) is 4.43. The van der Waals surface area contributed by atoms with Crippen molar-refractivity contribution in [3.63, 3.8) is 0 Å². The molecule has 0 bridgehead atoms. The van der Waals surface area contributed by atoms with Gasteiger partial charge in [0.2, 0.25) is 0 Å². The molecule has 2 atom stereocenters. The van der Waals surface area contributed by atoms with Gasteiger partial charge < -0.3 is 10.1 Å². The van der Waals surface area contributed by atoms with Gasteiger partial charge in [-0.2, -0.15) is 0 Å². The molecule has 1 aromatic carbocycles. The Morgan fingerprint density at radius 2 is 2.29 bits per heavy atom. The average Bonchev–Trinajstić information content (AvgIpc) is 2.94. The Bertz CT molecular complexity index is 415. The van der Waals surface area contributed by atoms with Gasteiger partial charge in [-0.15, -0.1) is 0 Å². The number of rotatable bonds is 8. The van der Waals surface area contributed by atoms with Gasteiger partial charge in [0, 0.05) is 17.1 Å². The van der Waals surface area contributed by atoms with Gasteiger partial charge in [-0.05, 0) is 68.8 Å². The van der Waals surface area contributed by atoms with E-state index in [4.69, 9.17) is 4.74 Å². The largest absolute Gasteiger partial charge is 0.378 e. The molecule has 1 aliphatic heterocycles. The average molecular weight is 358 g/mol. The van der Waals surface area contributed by atoms with Crippen LogP contribution in [-0.4, -0.2) is 19.3 Å². The minimum absolute atomic E-state index is 0.179. The fourth-order valence-corrected chi connectivity index (χ4v) is 3.39. The smallest absolute Gasteiger partial charge is 0.124 e. The Kier molecular flexibility index (Phi) is 7.14. The zero-order valence-electron chi connectivity index (χ0n) is 12.7. The first kappa shape index (κ1) is 16.9. The Hall–Kier alpha value is -0.450. The third-order valence-electron chi connectivity index (χ3n) is 3.97. The topological polar surface area (TPSA) is 21.3 Å². The summed E-state index contributed by atoms with van der Waals surface area (Å²) in [6.45, 7) is 4.02. The molecule has 1 saturated heterocycles. The van der Waals surface area contributed by atoms with Gasteiger partial charge in [0.15, 0.2) is 0 Å². The third kappa shape index (κ3) is 5.68. The lowest BCUT2D eigenvalue weighted by atomic mass is 9.99. The molecule has 2 unspecified atom stereocenters. The molecule has 1 heterocycles. The minimum atomic E-state index is -0.179. The van der Waals surface area contributed by atoms with Crippen LogP contribution in [0.25, 0.3) is 0 Å². The van der Waals surface area contributed by atoms with Gasteiger partial charge in [-0.25, -0.2) is 4.39 Å². The lowest BCUT2D eigenvalue weighted by Crippen LogP contribution is -2.22. The normalized spacial score (nSPS) is 19.9. The van der Waals surface area contributed by atoms with E-state index in [0.717, 1.165) is 48.9 Å². The maximum absolute atomic E-state index is 13.6. The molecule has 0 aliphatic carbocycles. The van der Waals surface area contributed by atoms with E-state index in [2.05, 4.69) is 28.2 Å². The van der Waals surface area contributed by atoms with Gasteiger partial charge in [0.1, 0.15) is 5.82 Å². The number of ether oxygens (including phenoxy) is 1. The number of benzene rings is 1. The number of hydrogen-bond donors (Lipinski definition) is 1.